The summed E-state index contributed by atoms with van der Waals surface area (Å²) in [5.41, 5.74) is 1.50. The van der Waals surface area contributed by atoms with Crippen LogP contribution in [-0.4, -0.2) is 25.7 Å². The van der Waals surface area contributed by atoms with E-state index in [1.807, 2.05) is 0 Å². The molecule has 1 aromatic carbocycles. The standard InChI is InChI=1S/C14H20N2/c1-2-4-12(5-3-1)13-8-14(13)16-10-11-6-7-15-9-11/h1-5,11,13-16H,6-10H2/t11-,13+,14-/m1/s1. The second kappa shape index (κ2) is 4.56. The fourth-order valence-corrected chi connectivity index (χ4v) is 2.70. The first-order valence-corrected chi connectivity index (χ1v) is 6.42. The lowest BCUT2D eigenvalue weighted by atomic mass is 10.1. The molecular formula is C14H20N2. The first kappa shape index (κ1) is 10.3. The predicted molar refractivity (Wildman–Crippen MR) is 66.6 cm³/mol. The van der Waals surface area contributed by atoms with Crippen LogP contribution in [0, 0.1) is 5.92 Å². The molecule has 1 aromatic rings. The fraction of sp³-hybridized carbons (Fsp3) is 0.571. The second-order valence-electron chi connectivity index (χ2n) is 5.13. The van der Waals surface area contributed by atoms with Crippen LogP contribution in [0.5, 0.6) is 0 Å². The van der Waals surface area contributed by atoms with E-state index in [1.165, 1.54) is 38.0 Å². The summed E-state index contributed by atoms with van der Waals surface area (Å²) in [5.74, 6) is 1.63. The number of nitrogens with one attached hydrogen (secondary N) is 2. The molecular weight excluding hydrogens is 196 g/mol. The van der Waals surface area contributed by atoms with Crippen molar-refractivity contribution in [1.82, 2.24) is 10.6 Å². The van der Waals surface area contributed by atoms with E-state index in [9.17, 15) is 0 Å². The number of rotatable bonds is 4. The van der Waals surface area contributed by atoms with Crippen LogP contribution in [-0.2, 0) is 0 Å². The van der Waals surface area contributed by atoms with E-state index in [-0.39, 0.29) is 0 Å². The van der Waals surface area contributed by atoms with Gasteiger partial charge >= 0.3 is 0 Å². The molecule has 0 unspecified atom stereocenters. The van der Waals surface area contributed by atoms with Crippen LogP contribution >= 0.6 is 0 Å². The first-order valence-electron chi connectivity index (χ1n) is 6.42. The van der Waals surface area contributed by atoms with Gasteiger partial charge in [-0.05, 0) is 44.0 Å². The minimum atomic E-state index is 0.739. The van der Waals surface area contributed by atoms with Crippen molar-refractivity contribution >= 4 is 0 Å². The highest BCUT2D eigenvalue weighted by molar-refractivity contribution is 5.27. The Morgan fingerprint density at radius 2 is 2.12 bits per heavy atom. The van der Waals surface area contributed by atoms with Crippen molar-refractivity contribution in [2.75, 3.05) is 19.6 Å². The predicted octanol–water partition coefficient (Wildman–Crippen LogP) is 1.74. The largest absolute Gasteiger partial charge is 0.316 e. The highest BCUT2D eigenvalue weighted by Crippen LogP contribution is 2.40. The second-order valence-corrected chi connectivity index (χ2v) is 5.13. The molecule has 1 aliphatic heterocycles. The van der Waals surface area contributed by atoms with Gasteiger partial charge in [-0.15, -0.1) is 0 Å². The molecule has 0 spiro atoms. The Morgan fingerprint density at radius 3 is 2.88 bits per heavy atom. The van der Waals surface area contributed by atoms with Gasteiger partial charge in [0.1, 0.15) is 0 Å². The van der Waals surface area contributed by atoms with Crippen LogP contribution in [0.4, 0.5) is 0 Å². The maximum Gasteiger partial charge on any atom is 0.0143 e. The zero-order chi connectivity index (χ0) is 10.8. The van der Waals surface area contributed by atoms with Gasteiger partial charge in [0, 0.05) is 12.0 Å². The van der Waals surface area contributed by atoms with Gasteiger partial charge in [0.25, 0.3) is 0 Å². The summed E-state index contributed by atoms with van der Waals surface area (Å²) in [6, 6.07) is 11.6. The minimum absolute atomic E-state index is 0.739. The minimum Gasteiger partial charge on any atom is -0.316 e. The van der Waals surface area contributed by atoms with Crippen LogP contribution in [0.25, 0.3) is 0 Å². The molecule has 0 radical (unpaired) electrons. The van der Waals surface area contributed by atoms with Gasteiger partial charge in [0.05, 0.1) is 0 Å². The average Bonchev–Trinajstić information content (AvgIpc) is 2.93. The monoisotopic (exact) mass is 216 g/mol. The molecule has 2 aliphatic rings. The lowest BCUT2D eigenvalue weighted by Gasteiger charge is -2.09. The van der Waals surface area contributed by atoms with Crippen LogP contribution in [0.1, 0.15) is 24.3 Å². The van der Waals surface area contributed by atoms with E-state index in [1.54, 1.807) is 0 Å². The van der Waals surface area contributed by atoms with Crippen LogP contribution < -0.4 is 10.6 Å². The van der Waals surface area contributed by atoms with Crippen LogP contribution in [0.2, 0.25) is 0 Å². The first-order chi connectivity index (χ1) is 7.93. The number of benzene rings is 1. The summed E-state index contributed by atoms with van der Waals surface area (Å²) >= 11 is 0. The van der Waals surface area contributed by atoms with Gasteiger partial charge in [-0.3, -0.25) is 0 Å². The van der Waals surface area contributed by atoms with Gasteiger partial charge in [0.2, 0.25) is 0 Å². The van der Waals surface area contributed by atoms with E-state index < -0.39 is 0 Å². The van der Waals surface area contributed by atoms with Gasteiger partial charge in [-0.2, -0.15) is 0 Å². The summed E-state index contributed by atoms with van der Waals surface area (Å²) in [6.07, 6.45) is 2.67. The third-order valence-corrected chi connectivity index (χ3v) is 3.85. The Bertz CT molecular complexity index is 330. The van der Waals surface area contributed by atoms with E-state index in [0.29, 0.717) is 0 Å². The fourth-order valence-electron chi connectivity index (χ4n) is 2.70. The van der Waals surface area contributed by atoms with Crippen molar-refractivity contribution in [2.24, 2.45) is 5.92 Å². The zero-order valence-corrected chi connectivity index (χ0v) is 9.65. The highest BCUT2D eigenvalue weighted by Gasteiger charge is 2.37. The van der Waals surface area contributed by atoms with Crippen LogP contribution in [0.3, 0.4) is 0 Å². The van der Waals surface area contributed by atoms with Crippen molar-refractivity contribution in [3.63, 3.8) is 0 Å². The molecule has 3 atom stereocenters. The Balaban J connectivity index is 1.46. The molecule has 1 heterocycles. The molecule has 86 valence electrons. The Labute approximate surface area is 97.4 Å². The van der Waals surface area contributed by atoms with Crippen LogP contribution in [0.15, 0.2) is 30.3 Å². The van der Waals surface area contributed by atoms with Crippen molar-refractivity contribution in [3.8, 4) is 0 Å². The maximum atomic E-state index is 3.71. The van der Waals surface area contributed by atoms with Gasteiger partial charge in [-0.1, -0.05) is 30.3 Å². The molecule has 1 saturated heterocycles. The smallest absolute Gasteiger partial charge is 0.0143 e. The molecule has 2 heteroatoms. The maximum absolute atomic E-state index is 3.71. The normalized spacial score (nSPS) is 32.9. The lowest BCUT2D eigenvalue weighted by molar-refractivity contribution is 0.507. The zero-order valence-electron chi connectivity index (χ0n) is 9.65. The average molecular weight is 216 g/mol. The molecule has 0 bridgehead atoms. The third-order valence-electron chi connectivity index (χ3n) is 3.85. The highest BCUT2D eigenvalue weighted by atomic mass is 15.0. The Hall–Kier alpha value is -0.860. The molecule has 3 rings (SSSR count). The van der Waals surface area contributed by atoms with E-state index in [4.69, 9.17) is 0 Å². The quantitative estimate of drug-likeness (QED) is 0.801. The molecule has 0 aromatic heterocycles. The van der Waals surface area contributed by atoms with Crippen molar-refractivity contribution in [2.45, 2.75) is 24.8 Å². The van der Waals surface area contributed by atoms with Gasteiger partial charge in [-0.25, -0.2) is 0 Å². The van der Waals surface area contributed by atoms with E-state index in [2.05, 4.69) is 41.0 Å². The number of hydrogen-bond donors (Lipinski definition) is 2. The molecule has 2 fully saturated rings. The molecule has 2 N–H and O–H groups in total. The van der Waals surface area contributed by atoms with Crippen molar-refractivity contribution < 1.29 is 0 Å². The topological polar surface area (TPSA) is 24.1 Å². The SMILES string of the molecule is c1ccc([C@@H]2C[C@H]2NC[C@@H]2CCNC2)cc1. The lowest BCUT2D eigenvalue weighted by Crippen LogP contribution is -2.26. The summed E-state index contributed by atoms with van der Waals surface area (Å²) in [6.45, 7) is 3.61. The summed E-state index contributed by atoms with van der Waals surface area (Å²) in [5, 5.41) is 7.13. The van der Waals surface area contributed by atoms with Crippen molar-refractivity contribution in [1.29, 1.82) is 0 Å². The van der Waals surface area contributed by atoms with E-state index in [0.717, 1.165) is 17.9 Å². The number of hydrogen-bond acceptors (Lipinski definition) is 2. The molecule has 16 heavy (non-hydrogen) atoms. The van der Waals surface area contributed by atoms with E-state index >= 15 is 0 Å². The third kappa shape index (κ3) is 2.28. The summed E-state index contributed by atoms with van der Waals surface area (Å²) in [4.78, 5) is 0. The summed E-state index contributed by atoms with van der Waals surface area (Å²) < 4.78 is 0. The molecule has 1 saturated carbocycles. The van der Waals surface area contributed by atoms with Gasteiger partial charge < -0.3 is 10.6 Å². The molecule has 2 nitrogen and oxygen atoms in total. The van der Waals surface area contributed by atoms with Crippen molar-refractivity contribution in [3.05, 3.63) is 35.9 Å². The molecule has 0 amide bonds. The Morgan fingerprint density at radius 1 is 1.25 bits per heavy atom. The summed E-state index contributed by atoms with van der Waals surface area (Å²) in [7, 11) is 0. The van der Waals surface area contributed by atoms with Gasteiger partial charge in [0.15, 0.2) is 0 Å². The molecule has 1 aliphatic carbocycles. The Kier molecular flexibility index (Phi) is 2.94.